The molecule has 5 fully saturated rings. The van der Waals surface area contributed by atoms with Crippen molar-refractivity contribution in [2.75, 3.05) is 39.6 Å². The van der Waals surface area contributed by atoms with Gasteiger partial charge >= 0.3 is 29.8 Å². The summed E-state index contributed by atoms with van der Waals surface area (Å²) in [4.78, 5) is 51.4. The molecule has 280 valence electrons. The Morgan fingerprint density at radius 1 is 0.580 bits per heavy atom. The molecule has 0 amide bonds. The lowest BCUT2D eigenvalue weighted by molar-refractivity contribution is -0.141. The van der Waals surface area contributed by atoms with E-state index in [-0.39, 0.29) is 64.2 Å². The number of hydrogen-bond acceptors (Lipinski definition) is 11. The van der Waals surface area contributed by atoms with Gasteiger partial charge in [0, 0.05) is 33.3 Å². The van der Waals surface area contributed by atoms with Crippen molar-refractivity contribution in [1.29, 1.82) is 0 Å². The molecule has 5 aliphatic rings. The van der Waals surface area contributed by atoms with Crippen LogP contribution in [0.4, 0.5) is 0 Å². The highest BCUT2D eigenvalue weighted by Crippen LogP contribution is 2.49. The molecule has 5 rings (SSSR count). The van der Waals surface area contributed by atoms with Gasteiger partial charge in [0.25, 0.3) is 0 Å². The van der Waals surface area contributed by atoms with Crippen LogP contribution < -0.4 is 0 Å². The van der Waals surface area contributed by atoms with Crippen LogP contribution in [0.25, 0.3) is 0 Å². The average Bonchev–Trinajstić information content (AvgIpc) is 3.81. The van der Waals surface area contributed by atoms with Gasteiger partial charge in [-0.2, -0.15) is 0 Å². The number of carbonyl (C=O) groups is 5. The zero-order valence-corrected chi connectivity index (χ0v) is 29.1. The molecule has 0 aromatic carbocycles. The zero-order valence-electron chi connectivity index (χ0n) is 29.1. The van der Waals surface area contributed by atoms with Gasteiger partial charge in [0.2, 0.25) is 0 Å². The molecule has 0 spiro atoms. The number of epoxide rings is 5. The van der Waals surface area contributed by atoms with Gasteiger partial charge in [-0.05, 0) is 53.4 Å². The summed E-state index contributed by atoms with van der Waals surface area (Å²) in [6, 6.07) is 0. The van der Waals surface area contributed by atoms with Crippen molar-refractivity contribution in [2.45, 2.75) is 83.9 Å². The molecular weight excluding hydrogens is 660 g/mol. The second kappa shape index (κ2) is 21.2. The number of carboxylic acid groups (broad SMARTS) is 4. The van der Waals surface area contributed by atoms with Crippen molar-refractivity contribution in [1.82, 2.24) is 0 Å². The van der Waals surface area contributed by atoms with E-state index in [1.165, 1.54) is 27.7 Å². The summed E-state index contributed by atoms with van der Waals surface area (Å²) in [6.07, 6.45) is 6.18. The molecule has 15 heteroatoms. The van der Waals surface area contributed by atoms with E-state index < -0.39 is 23.9 Å². The van der Waals surface area contributed by atoms with E-state index >= 15 is 0 Å². The minimum absolute atomic E-state index is 0.0617. The van der Waals surface area contributed by atoms with E-state index in [0.29, 0.717) is 13.2 Å². The number of carboxylic acids is 4. The van der Waals surface area contributed by atoms with Crippen LogP contribution in [0, 0.1) is 5.41 Å². The van der Waals surface area contributed by atoms with E-state index in [2.05, 4.69) is 26.3 Å². The fraction of sp³-hybridized carbons (Fsp3) is 0.571. The Morgan fingerprint density at radius 2 is 0.840 bits per heavy atom. The number of aliphatic carboxylic acids is 4. The van der Waals surface area contributed by atoms with Crippen LogP contribution in [0.15, 0.2) is 60.3 Å². The summed E-state index contributed by atoms with van der Waals surface area (Å²) in [5, 5.41) is 31.6. The fourth-order valence-corrected chi connectivity index (χ4v) is 3.83. The van der Waals surface area contributed by atoms with Crippen LogP contribution in [0.3, 0.4) is 0 Å². The Morgan fingerprint density at radius 3 is 1.06 bits per heavy atom. The quantitative estimate of drug-likeness (QED) is 0.102. The largest absolute Gasteiger partial charge is 0.478 e. The molecule has 0 bridgehead atoms. The van der Waals surface area contributed by atoms with Crippen molar-refractivity contribution in [2.24, 2.45) is 5.41 Å². The summed E-state index contributed by atoms with van der Waals surface area (Å²) in [5.74, 6) is -3.97. The molecule has 50 heavy (non-hydrogen) atoms. The highest BCUT2D eigenvalue weighted by molar-refractivity contribution is 5.90. The van der Waals surface area contributed by atoms with Gasteiger partial charge in [-0.3, -0.25) is 0 Å². The number of ether oxygens (including phenoxy) is 6. The van der Waals surface area contributed by atoms with Crippen LogP contribution in [0.2, 0.25) is 0 Å². The molecule has 5 heterocycles. The van der Waals surface area contributed by atoms with Crippen LogP contribution in [0.5, 0.6) is 0 Å². The zero-order chi connectivity index (χ0) is 38.2. The molecule has 0 saturated carbocycles. The van der Waals surface area contributed by atoms with Gasteiger partial charge in [-0.15, -0.1) is 0 Å². The Kier molecular flexibility index (Phi) is 18.6. The van der Waals surface area contributed by atoms with Gasteiger partial charge in [-0.25, -0.2) is 24.0 Å². The van der Waals surface area contributed by atoms with Crippen LogP contribution in [-0.2, 0) is 52.4 Å². The minimum Gasteiger partial charge on any atom is -0.478 e. The van der Waals surface area contributed by atoms with Gasteiger partial charge in [-0.1, -0.05) is 32.4 Å². The fourth-order valence-electron chi connectivity index (χ4n) is 3.83. The monoisotopic (exact) mass is 710 g/mol. The Labute approximate surface area is 291 Å². The van der Waals surface area contributed by atoms with Crippen molar-refractivity contribution >= 4 is 29.8 Å². The molecule has 5 unspecified atom stereocenters. The van der Waals surface area contributed by atoms with E-state index in [1.807, 2.05) is 6.08 Å². The van der Waals surface area contributed by atoms with Gasteiger partial charge < -0.3 is 48.8 Å². The van der Waals surface area contributed by atoms with Gasteiger partial charge in [0.1, 0.15) is 12.7 Å². The Hall–Kier alpha value is -4.15. The molecule has 15 nitrogen and oxygen atoms in total. The topological polar surface area (TPSA) is 238 Å². The maximum atomic E-state index is 13.1. The number of rotatable bonds is 16. The summed E-state index contributed by atoms with van der Waals surface area (Å²) < 4.78 is 32.7. The van der Waals surface area contributed by atoms with E-state index in [0.717, 1.165) is 57.7 Å². The lowest BCUT2D eigenvalue weighted by Gasteiger charge is -2.34. The summed E-state index contributed by atoms with van der Waals surface area (Å²) in [7, 11) is 0. The maximum Gasteiger partial charge on any atom is 0.334 e. The molecule has 5 atom stereocenters. The normalized spacial score (nSPS) is 23.9. The summed E-state index contributed by atoms with van der Waals surface area (Å²) in [6.45, 7) is 22.5. The van der Waals surface area contributed by atoms with E-state index in [9.17, 15) is 24.0 Å². The second-order valence-corrected chi connectivity index (χ2v) is 12.5. The second-order valence-electron chi connectivity index (χ2n) is 12.5. The summed E-state index contributed by atoms with van der Waals surface area (Å²) in [5.41, 5.74) is 1.14. The molecular formula is C35H50O15. The molecule has 0 aromatic heterocycles. The van der Waals surface area contributed by atoms with Crippen molar-refractivity contribution in [3.05, 3.63) is 60.3 Å². The van der Waals surface area contributed by atoms with Crippen molar-refractivity contribution < 1.29 is 72.8 Å². The highest BCUT2D eigenvalue weighted by Gasteiger charge is 2.50. The average molecular weight is 711 g/mol. The predicted molar refractivity (Wildman–Crippen MR) is 178 cm³/mol. The van der Waals surface area contributed by atoms with E-state index in [1.54, 1.807) is 0 Å². The smallest absolute Gasteiger partial charge is 0.334 e. The first-order valence-electron chi connectivity index (χ1n) is 15.8. The standard InChI is InChI=1S/C19H26O7.4C4H6O2/c20-18(26-11-16-10-25-16)17(2-1-12-6-21-12)19(3-13-7-22-13,4-14-8-23-14)5-15-9-24-15;4*1-3(2)4(5)6/h2,12-16H,1,3-11H2;4*1H2,2H3,(H,5,6). The van der Waals surface area contributed by atoms with Crippen LogP contribution in [-0.4, -0.2) is 120 Å². The van der Waals surface area contributed by atoms with Crippen molar-refractivity contribution in [3.8, 4) is 0 Å². The lowest BCUT2D eigenvalue weighted by atomic mass is 9.69. The Balaban J connectivity index is 0.000000426. The summed E-state index contributed by atoms with van der Waals surface area (Å²) >= 11 is 0. The van der Waals surface area contributed by atoms with Crippen LogP contribution >= 0.6 is 0 Å². The number of carbonyl (C=O) groups excluding carboxylic acids is 1. The molecule has 5 aliphatic heterocycles. The van der Waals surface area contributed by atoms with E-state index in [4.69, 9.17) is 48.8 Å². The first-order valence-corrected chi connectivity index (χ1v) is 15.8. The third-order valence-electron chi connectivity index (χ3n) is 7.10. The molecule has 4 N–H and O–H groups in total. The molecule has 0 radical (unpaired) electrons. The van der Waals surface area contributed by atoms with Gasteiger partial charge in [0.05, 0.1) is 57.5 Å². The SMILES string of the molecule is C=C(C)C(=O)O.C=C(C)C(=O)O.C=C(C)C(=O)O.C=C(C)C(=O)O.O=C(OCC1CO1)C(=CCC1CO1)C(CC1CO1)(CC1CO1)CC1CO1. The Bertz CT molecular complexity index is 1110. The minimum atomic E-state index is -0.935. The lowest BCUT2D eigenvalue weighted by Crippen LogP contribution is -2.34. The number of esters is 1. The third-order valence-corrected chi connectivity index (χ3v) is 7.10. The number of hydrogen-bond donors (Lipinski definition) is 4. The highest BCUT2D eigenvalue weighted by atomic mass is 16.6. The molecule has 5 saturated heterocycles. The van der Waals surface area contributed by atoms with Crippen molar-refractivity contribution in [3.63, 3.8) is 0 Å². The first kappa shape index (κ1) is 43.9. The first-order chi connectivity index (χ1) is 23.3. The molecule has 0 aliphatic carbocycles. The van der Waals surface area contributed by atoms with Crippen LogP contribution in [0.1, 0.15) is 53.4 Å². The third kappa shape index (κ3) is 21.0. The maximum absolute atomic E-state index is 13.1. The molecule has 0 aromatic rings. The van der Waals surface area contributed by atoms with Gasteiger partial charge in [0.15, 0.2) is 0 Å². The predicted octanol–water partition coefficient (Wildman–Crippen LogP) is 3.59.